The summed E-state index contributed by atoms with van der Waals surface area (Å²) in [5.74, 6) is 0.822. The first-order valence-electron chi connectivity index (χ1n) is 4.51. The lowest BCUT2D eigenvalue weighted by Gasteiger charge is -2.19. The molecule has 66 valence electrons. The van der Waals surface area contributed by atoms with E-state index in [4.69, 9.17) is 5.73 Å². The third kappa shape index (κ3) is 1.52. The Hall–Kier alpha value is -0.410. The van der Waals surface area contributed by atoms with Crippen LogP contribution in [0.15, 0.2) is 5.51 Å². The highest BCUT2D eigenvalue weighted by atomic mass is 32.1. The standard InChI is InChI=1S/C9H14N2S/c10-4-3-7-1-2-8-9(5-7)12-6-11-8/h6-7H,1-5,10H2. The number of hydrogen-bond acceptors (Lipinski definition) is 3. The van der Waals surface area contributed by atoms with Gasteiger partial charge in [0.05, 0.1) is 11.2 Å². The summed E-state index contributed by atoms with van der Waals surface area (Å²) in [7, 11) is 0. The van der Waals surface area contributed by atoms with E-state index in [1.54, 1.807) is 11.3 Å². The van der Waals surface area contributed by atoms with E-state index in [1.165, 1.54) is 36.3 Å². The van der Waals surface area contributed by atoms with Crippen LogP contribution in [0, 0.1) is 5.92 Å². The van der Waals surface area contributed by atoms with Crippen molar-refractivity contribution in [2.75, 3.05) is 6.54 Å². The van der Waals surface area contributed by atoms with Gasteiger partial charge in [-0.1, -0.05) is 0 Å². The number of aromatic nitrogens is 1. The smallest absolute Gasteiger partial charge is 0.0797 e. The molecule has 1 aromatic rings. The van der Waals surface area contributed by atoms with Crippen molar-refractivity contribution < 1.29 is 0 Å². The van der Waals surface area contributed by atoms with Crippen LogP contribution in [0.3, 0.4) is 0 Å². The van der Waals surface area contributed by atoms with Crippen LogP contribution in [0.2, 0.25) is 0 Å². The number of rotatable bonds is 2. The van der Waals surface area contributed by atoms with Gasteiger partial charge in [0.25, 0.3) is 0 Å². The fourth-order valence-electron chi connectivity index (χ4n) is 1.85. The van der Waals surface area contributed by atoms with Crippen LogP contribution in [-0.2, 0) is 12.8 Å². The molecule has 1 aliphatic rings. The lowest BCUT2D eigenvalue weighted by molar-refractivity contribution is 0.434. The Kier molecular flexibility index (Phi) is 2.42. The number of aryl methyl sites for hydroxylation is 1. The van der Waals surface area contributed by atoms with Crippen LogP contribution in [0.4, 0.5) is 0 Å². The molecule has 0 bridgehead atoms. The Labute approximate surface area is 76.8 Å². The summed E-state index contributed by atoms with van der Waals surface area (Å²) < 4.78 is 0. The zero-order valence-electron chi connectivity index (χ0n) is 7.12. The van der Waals surface area contributed by atoms with Crippen LogP contribution in [0.1, 0.15) is 23.4 Å². The second-order valence-electron chi connectivity index (χ2n) is 3.41. The average molecular weight is 182 g/mol. The molecular formula is C9H14N2S. The zero-order valence-corrected chi connectivity index (χ0v) is 7.94. The molecule has 1 aromatic heterocycles. The van der Waals surface area contributed by atoms with Crippen LogP contribution in [-0.4, -0.2) is 11.5 Å². The maximum absolute atomic E-state index is 5.54. The molecule has 0 fully saturated rings. The quantitative estimate of drug-likeness (QED) is 0.754. The predicted molar refractivity (Wildman–Crippen MR) is 51.3 cm³/mol. The lowest BCUT2D eigenvalue weighted by atomic mass is 9.89. The summed E-state index contributed by atoms with van der Waals surface area (Å²) in [6, 6.07) is 0. The van der Waals surface area contributed by atoms with E-state index in [1.807, 2.05) is 5.51 Å². The molecule has 2 nitrogen and oxygen atoms in total. The highest BCUT2D eigenvalue weighted by Crippen LogP contribution is 2.28. The molecule has 1 heterocycles. The van der Waals surface area contributed by atoms with Gasteiger partial charge in [-0.15, -0.1) is 11.3 Å². The van der Waals surface area contributed by atoms with Crippen molar-refractivity contribution in [3.8, 4) is 0 Å². The van der Waals surface area contributed by atoms with Gasteiger partial charge in [0.15, 0.2) is 0 Å². The molecular weight excluding hydrogens is 168 g/mol. The van der Waals surface area contributed by atoms with Gasteiger partial charge in [-0.3, -0.25) is 0 Å². The highest BCUT2D eigenvalue weighted by Gasteiger charge is 2.19. The molecule has 2 N–H and O–H groups in total. The van der Waals surface area contributed by atoms with E-state index in [-0.39, 0.29) is 0 Å². The molecule has 1 unspecified atom stereocenters. The summed E-state index contributed by atoms with van der Waals surface area (Å²) in [5, 5.41) is 0. The molecule has 0 radical (unpaired) electrons. The van der Waals surface area contributed by atoms with Gasteiger partial charge in [-0.05, 0) is 38.1 Å². The van der Waals surface area contributed by atoms with Crippen LogP contribution >= 0.6 is 11.3 Å². The van der Waals surface area contributed by atoms with Crippen molar-refractivity contribution in [2.24, 2.45) is 11.7 Å². The van der Waals surface area contributed by atoms with E-state index in [0.29, 0.717) is 0 Å². The third-order valence-electron chi connectivity index (χ3n) is 2.56. The van der Waals surface area contributed by atoms with Gasteiger partial charge in [0.1, 0.15) is 0 Å². The zero-order chi connectivity index (χ0) is 8.39. The maximum atomic E-state index is 5.54. The van der Waals surface area contributed by atoms with Crippen molar-refractivity contribution in [1.29, 1.82) is 0 Å². The van der Waals surface area contributed by atoms with E-state index in [0.717, 1.165) is 12.5 Å². The van der Waals surface area contributed by atoms with Gasteiger partial charge in [-0.25, -0.2) is 4.98 Å². The Morgan fingerprint density at radius 2 is 2.58 bits per heavy atom. The van der Waals surface area contributed by atoms with Crippen molar-refractivity contribution >= 4 is 11.3 Å². The number of thiazole rings is 1. The van der Waals surface area contributed by atoms with Gasteiger partial charge in [-0.2, -0.15) is 0 Å². The van der Waals surface area contributed by atoms with Gasteiger partial charge >= 0.3 is 0 Å². The monoisotopic (exact) mass is 182 g/mol. The second-order valence-corrected chi connectivity index (χ2v) is 4.35. The number of fused-ring (bicyclic) bond motifs is 1. The summed E-state index contributed by atoms with van der Waals surface area (Å²) in [5.41, 5.74) is 8.85. The Morgan fingerprint density at radius 3 is 3.42 bits per heavy atom. The Balaban J connectivity index is 2.05. The maximum Gasteiger partial charge on any atom is 0.0797 e. The normalized spacial score (nSPS) is 22.2. The highest BCUT2D eigenvalue weighted by molar-refractivity contribution is 7.09. The van der Waals surface area contributed by atoms with Crippen molar-refractivity contribution in [3.05, 3.63) is 16.1 Å². The van der Waals surface area contributed by atoms with Gasteiger partial charge < -0.3 is 5.73 Å². The molecule has 0 saturated carbocycles. The van der Waals surface area contributed by atoms with Crippen molar-refractivity contribution in [3.63, 3.8) is 0 Å². The second kappa shape index (κ2) is 3.54. The number of nitrogens with two attached hydrogens (primary N) is 1. The third-order valence-corrected chi connectivity index (χ3v) is 3.46. The number of hydrogen-bond donors (Lipinski definition) is 1. The first-order valence-corrected chi connectivity index (χ1v) is 5.39. The Morgan fingerprint density at radius 1 is 1.67 bits per heavy atom. The SMILES string of the molecule is NCCC1CCc2ncsc2C1. The summed E-state index contributed by atoms with van der Waals surface area (Å²) in [6.07, 6.45) is 4.85. The molecule has 0 amide bonds. The molecule has 12 heavy (non-hydrogen) atoms. The van der Waals surface area contributed by atoms with E-state index >= 15 is 0 Å². The molecule has 0 saturated heterocycles. The minimum absolute atomic E-state index is 0.822. The number of nitrogens with zero attached hydrogens (tertiary/aromatic N) is 1. The topological polar surface area (TPSA) is 38.9 Å². The van der Waals surface area contributed by atoms with E-state index in [2.05, 4.69) is 4.98 Å². The molecule has 2 rings (SSSR count). The molecule has 0 aromatic carbocycles. The van der Waals surface area contributed by atoms with Gasteiger partial charge in [0.2, 0.25) is 0 Å². The molecule has 0 spiro atoms. The van der Waals surface area contributed by atoms with Crippen LogP contribution in [0.5, 0.6) is 0 Å². The largest absolute Gasteiger partial charge is 0.330 e. The van der Waals surface area contributed by atoms with Crippen LogP contribution < -0.4 is 5.73 Å². The summed E-state index contributed by atoms with van der Waals surface area (Å²) in [4.78, 5) is 5.84. The fraction of sp³-hybridized carbons (Fsp3) is 0.667. The fourth-order valence-corrected chi connectivity index (χ4v) is 2.78. The van der Waals surface area contributed by atoms with E-state index in [9.17, 15) is 0 Å². The Bertz CT molecular complexity index is 257. The average Bonchev–Trinajstić information content (AvgIpc) is 2.51. The molecule has 1 aliphatic carbocycles. The molecule has 3 heteroatoms. The lowest BCUT2D eigenvalue weighted by Crippen LogP contribution is -2.16. The first kappa shape index (κ1) is 8.20. The first-order chi connectivity index (χ1) is 5.90. The predicted octanol–water partition coefficient (Wildman–Crippen LogP) is 1.60. The minimum Gasteiger partial charge on any atom is -0.330 e. The van der Waals surface area contributed by atoms with Crippen molar-refractivity contribution in [2.45, 2.75) is 25.7 Å². The molecule has 1 atom stereocenters. The molecule has 0 aliphatic heterocycles. The minimum atomic E-state index is 0.822. The van der Waals surface area contributed by atoms with Crippen molar-refractivity contribution in [1.82, 2.24) is 4.98 Å². The summed E-state index contributed by atoms with van der Waals surface area (Å²) in [6.45, 7) is 0.832. The summed E-state index contributed by atoms with van der Waals surface area (Å²) >= 11 is 1.80. The van der Waals surface area contributed by atoms with E-state index < -0.39 is 0 Å². The van der Waals surface area contributed by atoms with Crippen LogP contribution in [0.25, 0.3) is 0 Å². The van der Waals surface area contributed by atoms with Gasteiger partial charge in [0, 0.05) is 4.88 Å².